The molecule has 4 nitrogen and oxygen atoms in total. The first-order valence-electron chi connectivity index (χ1n) is 6.71. The van der Waals surface area contributed by atoms with Crippen molar-refractivity contribution in [3.8, 4) is 0 Å². The lowest BCUT2D eigenvalue weighted by molar-refractivity contribution is -0.113. The molecule has 3 rings (SSSR count). The Kier molecular flexibility index (Phi) is 5.00. The minimum atomic E-state index is -0.207. The number of pyridine rings is 2. The monoisotopic (exact) mass is 363 g/mol. The summed E-state index contributed by atoms with van der Waals surface area (Å²) in [5, 5.41) is 5.23. The largest absolute Gasteiger partial charge is 0.309 e. The molecule has 1 N–H and O–H groups in total. The summed E-state index contributed by atoms with van der Waals surface area (Å²) in [4.78, 5) is 20.5. The normalized spacial score (nSPS) is 10.7. The first-order chi connectivity index (χ1) is 11.1. The number of hydrogen-bond donors (Lipinski definition) is 1. The van der Waals surface area contributed by atoms with Crippen molar-refractivity contribution in [2.24, 2.45) is 0 Å². The minimum Gasteiger partial charge on any atom is -0.309 e. The molecular formula is C16H11Cl2N3OS. The van der Waals surface area contributed by atoms with E-state index in [4.69, 9.17) is 23.2 Å². The molecule has 0 aliphatic heterocycles. The van der Waals surface area contributed by atoms with Crippen LogP contribution in [-0.2, 0) is 4.79 Å². The van der Waals surface area contributed by atoms with Crippen LogP contribution in [0.5, 0.6) is 0 Å². The van der Waals surface area contributed by atoms with Crippen molar-refractivity contribution < 1.29 is 4.79 Å². The number of aromatic nitrogens is 2. The molecule has 0 bridgehead atoms. The number of anilines is 1. The highest BCUT2D eigenvalue weighted by molar-refractivity contribution is 7.99. The fourth-order valence-corrected chi connectivity index (χ4v) is 3.05. The predicted octanol–water partition coefficient (Wildman–Crippen LogP) is 4.67. The molecule has 0 radical (unpaired) electrons. The fraction of sp³-hybridized carbons (Fsp3) is 0.0625. The van der Waals surface area contributed by atoms with Gasteiger partial charge in [0.05, 0.1) is 26.3 Å². The van der Waals surface area contributed by atoms with Gasteiger partial charge in [0, 0.05) is 11.6 Å². The Bertz CT molecular complexity index is 873. The second-order valence-electron chi connectivity index (χ2n) is 4.66. The lowest BCUT2D eigenvalue weighted by Crippen LogP contribution is -2.15. The summed E-state index contributed by atoms with van der Waals surface area (Å²) >= 11 is 13.1. The maximum Gasteiger partial charge on any atom is 0.235 e. The third kappa shape index (κ3) is 4.13. The van der Waals surface area contributed by atoms with E-state index >= 15 is 0 Å². The van der Waals surface area contributed by atoms with E-state index in [2.05, 4.69) is 15.3 Å². The van der Waals surface area contributed by atoms with Gasteiger partial charge in [0.2, 0.25) is 5.91 Å². The maximum atomic E-state index is 12.0. The molecule has 0 spiro atoms. The molecule has 0 aliphatic carbocycles. The lowest BCUT2D eigenvalue weighted by Gasteiger charge is -2.06. The zero-order valence-electron chi connectivity index (χ0n) is 11.8. The quantitative estimate of drug-likeness (QED) is 0.684. The molecule has 2 aromatic heterocycles. The lowest BCUT2D eigenvalue weighted by atomic mass is 10.2. The Hall–Kier alpha value is -1.82. The Morgan fingerprint density at radius 3 is 2.83 bits per heavy atom. The number of halogens is 2. The van der Waals surface area contributed by atoms with Crippen molar-refractivity contribution >= 4 is 57.6 Å². The van der Waals surface area contributed by atoms with Gasteiger partial charge in [-0.05, 0) is 18.2 Å². The summed E-state index contributed by atoms with van der Waals surface area (Å²) in [5.74, 6) is 0.307. The van der Waals surface area contributed by atoms with Gasteiger partial charge >= 0.3 is 0 Å². The standard InChI is InChI=1S/C16H11Cl2N3OS/c17-11-7-12(18)16(19-8-11)21-14(22)9-23-15-6-5-10-3-1-2-4-13(10)20-15/h1-8H,9H2,(H,19,21,22). The van der Waals surface area contributed by atoms with Crippen LogP contribution in [0.15, 0.2) is 53.7 Å². The van der Waals surface area contributed by atoms with Crippen molar-refractivity contribution in [3.63, 3.8) is 0 Å². The van der Waals surface area contributed by atoms with Crippen LogP contribution in [0.25, 0.3) is 10.9 Å². The molecule has 0 saturated heterocycles. The van der Waals surface area contributed by atoms with Crippen molar-refractivity contribution in [3.05, 3.63) is 58.7 Å². The molecule has 0 atom stereocenters. The number of para-hydroxylation sites is 1. The molecule has 1 aromatic carbocycles. The highest BCUT2D eigenvalue weighted by Gasteiger charge is 2.09. The van der Waals surface area contributed by atoms with E-state index in [1.54, 1.807) is 0 Å². The average Bonchev–Trinajstić information content (AvgIpc) is 2.55. The maximum absolute atomic E-state index is 12.0. The highest BCUT2D eigenvalue weighted by atomic mass is 35.5. The molecular weight excluding hydrogens is 353 g/mol. The summed E-state index contributed by atoms with van der Waals surface area (Å²) in [5.41, 5.74) is 0.903. The Morgan fingerprint density at radius 1 is 1.17 bits per heavy atom. The van der Waals surface area contributed by atoms with Gasteiger partial charge < -0.3 is 5.32 Å². The van der Waals surface area contributed by atoms with Crippen LogP contribution in [0.4, 0.5) is 5.82 Å². The van der Waals surface area contributed by atoms with Gasteiger partial charge in [0.15, 0.2) is 5.82 Å². The van der Waals surface area contributed by atoms with E-state index < -0.39 is 0 Å². The average molecular weight is 364 g/mol. The fourth-order valence-electron chi connectivity index (χ4n) is 1.94. The number of nitrogens with one attached hydrogen (secondary N) is 1. The molecule has 23 heavy (non-hydrogen) atoms. The summed E-state index contributed by atoms with van der Waals surface area (Å²) < 4.78 is 0. The SMILES string of the molecule is O=C(CSc1ccc2ccccc2n1)Nc1ncc(Cl)cc1Cl. The van der Waals surface area contributed by atoms with Crippen molar-refractivity contribution in [2.45, 2.75) is 5.03 Å². The highest BCUT2D eigenvalue weighted by Crippen LogP contribution is 2.24. The molecule has 2 heterocycles. The van der Waals surface area contributed by atoms with Crippen molar-refractivity contribution in [1.82, 2.24) is 9.97 Å². The van der Waals surface area contributed by atoms with Crippen LogP contribution in [0.3, 0.4) is 0 Å². The van der Waals surface area contributed by atoms with E-state index in [1.807, 2.05) is 36.4 Å². The van der Waals surface area contributed by atoms with E-state index in [0.717, 1.165) is 15.9 Å². The van der Waals surface area contributed by atoms with Crippen LogP contribution in [0, 0.1) is 0 Å². The molecule has 0 saturated carbocycles. The number of amides is 1. The first kappa shape index (κ1) is 16.1. The van der Waals surface area contributed by atoms with E-state index in [1.165, 1.54) is 24.0 Å². The van der Waals surface area contributed by atoms with Crippen molar-refractivity contribution in [2.75, 3.05) is 11.1 Å². The van der Waals surface area contributed by atoms with Gasteiger partial charge in [-0.2, -0.15) is 0 Å². The zero-order chi connectivity index (χ0) is 16.2. The number of benzene rings is 1. The molecule has 0 aliphatic rings. The first-order valence-corrected chi connectivity index (χ1v) is 8.45. The van der Waals surface area contributed by atoms with Gasteiger partial charge in [-0.1, -0.05) is 59.2 Å². The number of rotatable bonds is 4. The summed E-state index contributed by atoms with van der Waals surface area (Å²) in [6.45, 7) is 0. The predicted molar refractivity (Wildman–Crippen MR) is 95.4 cm³/mol. The van der Waals surface area contributed by atoms with Gasteiger partial charge in [-0.25, -0.2) is 9.97 Å². The zero-order valence-corrected chi connectivity index (χ0v) is 14.1. The second-order valence-corrected chi connectivity index (χ2v) is 6.50. The summed E-state index contributed by atoms with van der Waals surface area (Å²) in [7, 11) is 0. The number of nitrogens with zero attached hydrogens (tertiary/aromatic N) is 2. The van der Waals surface area contributed by atoms with Crippen LogP contribution in [0.2, 0.25) is 10.0 Å². The molecule has 1 amide bonds. The van der Waals surface area contributed by atoms with Crippen LogP contribution < -0.4 is 5.32 Å². The van der Waals surface area contributed by atoms with Gasteiger partial charge in [0.25, 0.3) is 0 Å². The molecule has 0 unspecified atom stereocenters. The Balaban J connectivity index is 1.63. The van der Waals surface area contributed by atoms with Gasteiger partial charge in [0.1, 0.15) is 0 Å². The minimum absolute atomic E-state index is 0.207. The van der Waals surface area contributed by atoms with Crippen LogP contribution in [0.1, 0.15) is 0 Å². The van der Waals surface area contributed by atoms with Crippen LogP contribution >= 0.6 is 35.0 Å². The van der Waals surface area contributed by atoms with Gasteiger partial charge in [-0.3, -0.25) is 4.79 Å². The van der Waals surface area contributed by atoms with Gasteiger partial charge in [-0.15, -0.1) is 0 Å². The van der Waals surface area contributed by atoms with E-state index in [-0.39, 0.29) is 11.7 Å². The number of fused-ring (bicyclic) bond motifs is 1. The third-order valence-electron chi connectivity index (χ3n) is 2.99. The third-order valence-corrected chi connectivity index (χ3v) is 4.41. The van der Waals surface area contributed by atoms with Crippen LogP contribution in [-0.4, -0.2) is 21.6 Å². The van der Waals surface area contributed by atoms with E-state index in [0.29, 0.717) is 15.9 Å². The molecule has 116 valence electrons. The number of thioether (sulfide) groups is 1. The second kappa shape index (κ2) is 7.17. The number of carbonyl (C=O) groups is 1. The molecule has 7 heteroatoms. The summed E-state index contributed by atoms with van der Waals surface area (Å²) in [6, 6.07) is 13.3. The Labute approximate surface area is 147 Å². The summed E-state index contributed by atoms with van der Waals surface area (Å²) in [6.07, 6.45) is 1.43. The van der Waals surface area contributed by atoms with E-state index in [9.17, 15) is 4.79 Å². The number of hydrogen-bond acceptors (Lipinski definition) is 4. The molecule has 3 aromatic rings. The Morgan fingerprint density at radius 2 is 2.00 bits per heavy atom. The van der Waals surface area contributed by atoms with Crippen molar-refractivity contribution in [1.29, 1.82) is 0 Å². The molecule has 0 fully saturated rings. The number of carbonyl (C=O) groups excluding carboxylic acids is 1. The smallest absolute Gasteiger partial charge is 0.235 e. The topological polar surface area (TPSA) is 54.9 Å².